The molecule has 28 heavy (non-hydrogen) atoms. The number of nitrogens with zero attached hydrogens (tertiary/aromatic N) is 2. The van der Waals surface area contributed by atoms with Gasteiger partial charge in [-0.05, 0) is 43.2 Å². The van der Waals surface area contributed by atoms with Crippen LogP contribution in [0.5, 0.6) is 0 Å². The summed E-state index contributed by atoms with van der Waals surface area (Å²) < 4.78 is 0. The number of hydrogen-bond donors (Lipinski definition) is 1. The Hall–Kier alpha value is -2.75. The standard InChI is InChI=1S/C21H18ClN3O2S/c1-13-6-8-16(9-7-13)25-20(27)18(11-14-4-3-5-15(22)10-14)28-21(25)17(12-23)19(26)24-2/h3-10,18H,11H2,1-2H3,(H,24,26)/b21-17-. The zero-order valence-corrected chi connectivity index (χ0v) is 17.0. The zero-order chi connectivity index (χ0) is 20.3. The van der Waals surface area contributed by atoms with Gasteiger partial charge in [0, 0.05) is 17.8 Å². The quantitative estimate of drug-likeness (QED) is 0.613. The topological polar surface area (TPSA) is 73.2 Å². The first-order chi connectivity index (χ1) is 13.4. The number of likely N-dealkylation sites (N-methyl/N-ethyl adjacent to an activating group) is 1. The first-order valence-electron chi connectivity index (χ1n) is 8.62. The summed E-state index contributed by atoms with van der Waals surface area (Å²) in [6, 6.07) is 16.7. The summed E-state index contributed by atoms with van der Waals surface area (Å²) in [6.07, 6.45) is 0.447. The summed E-state index contributed by atoms with van der Waals surface area (Å²) in [7, 11) is 1.46. The molecule has 3 rings (SSSR count). The van der Waals surface area contributed by atoms with Gasteiger partial charge in [0.15, 0.2) is 0 Å². The molecule has 0 aromatic heterocycles. The van der Waals surface area contributed by atoms with Crippen molar-refractivity contribution in [1.29, 1.82) is 5.26 Å². The van der Waals surface area contributed by atoms with Crippen LogP contribution < -0.4 is 10.2 Å². The van der Waals surface area contributed by atoms with E-state index in [1.807, 2.05) is 55.5 Å². The fourth-order valence-corrected chi connectivity index (χ4v) is 4.44. The molecular weight excluding hydrogens is 394 g/mol. The van der Waals surface area contributed by atoms with E-state index in [0.29, 0.717) is 22.2 Å². The van der Waals surface area contributed by atoms with Gasteiger partial charge in [0.1, 0.15) is 16.7 Å². The number of carbonyl (C=O) groups excluding carboxylic acids is 2. The highest BCUT2D eigenvalue weighted by atomic mass is 35.5. The molecule has 0 radical (unpaired) electrons. The zero-order valence-electron chi connectivity index (χ0n) is 15.4. The normalized spacial score (nSPS) is 18.0. The lowest BCUT2D eigenvalue weighted by atomic mass is 10.1. The molecule has 5 nitrogen and oxygen atoms in total. The SMILES string of the molecule is CNC(=O)/C(C#N)=C1\SC(Cc2cccc(Cl)c2)C(=O)N1c1ccc(C)cc1. The molecule has 0 bridgehead atoms. The second kappa shape index (κ2) is 8.51. The fourth-order valence-electron chi connectivity index (χ4n) is 2.92. The molecule has 1 saturated heterocycles. The molecule has 1 aliphatic rings. The number of aryl methyl sites for hydroxylation is 1. The minimum atomic E-state index is -0.515. The van der Waals surface area contributed by atoms with Crippen LogP contribution in [0.15, 0.2) is 59.1 Å². The summed E-state index contributed by atoms with van der Waals surface area (Å²) in [5, 5.41) is 12.5. The fraction of sp³-hybridized carbons (Fsp3) is 0.190. The van der Waals surface area contributed by atoms with Gasteiger partial charge in [0.05, 0.1) is 5.25 Å². The van der Waals surface area contributed by atoms with E-state index >= 15 is 0 Å². The molecule has 2 amide bonds. The first-order valence-corrected chi connectivity index (χ1v) is 9.88. The van der Waals surface area contributed by atoms with Crippen molar-refractivity contribution in [3.63, 3.8) is 0 Å². The van der Waals surface area contributed by atoms with Crippen LogP contribution in [0.25, 0.3) is 0 Å². The van der Waals surface area contributed by atoms with Gasteiger partial charge in [-0.1, -0.05) is 53.2 Å². The van der Waals surface area contributed by atoms with Crippen molar-refractivity contribution in [3.05, 3.63) is 75.3 Å². The van der Waals surface area contributed by atoms with Crippen LogP contribution >= 0.6 is 23.4 Å². The van der Waals surface area contributed by atoms with Gasteiger partial charge in [-0.3, -0.25) is 14.5 Å². The van der Waals surface area contributed by atoms with Crippen molar-refractivity contribution >= 4 is 40.9 Å². The van der Waals surface area contributed by atoms with Gasteiger partial charge < -0.3 is 5.32 Å². The predicted octanol–water partition coefficient (Wildman–Crippen LogP) is 3.82. The number of hydrogen-bond acceptors (Lipinski definition) is 4. The molecule has 7 heteroatoms. The average Bonchev–Trinajstić information content (AvgIpc) is 2.99. The predicted molar refractivity (Wildman–Crippen MR) is 112 cm³/mol. The largest absolute Gasteiger partial charge is 0.354 e. The highest BCUT2D eigenvalue weighted by Crippen LogP contribution is 2.42. The molecule has 1 atom stereocenters. The third kappa shape index (κ3) is 4.06. The maximum Gasteiger partial charge on any atom is 0.264 e. The lowest BCUT2D eigenvalue weighted by Crippen LogP contribution is -2.31. The summed E-state index contributed by atoms with van der Waals surface area (Å²) >= 11 is 7.29. The lowest BCUT2D eigenvalue weighted by molar-refractivity contribution is -0.117. The van der Waals surface area contributed by atoms with Gasteiger partial charge in [-0.2, -0.15) is 5.26 Å². The summed E-state index contributed by atoms with van der Waals surface area (Å²) in [5.74, 6) is -0.682. The Morgan fingerprint density at radius 3 is 2.61 bits per heavy atom. The second-order valence-electron chi connectivity index (χ2n) is 6.32. The highest BCUT2D eigenvalue weighted by molar-refractivity contribution is 8.05. The third-order valence-electron chi connectivity index (χ3n) is 4.33. The molecule has 1 aliphatic heterocycles. The first kappa shape index (κ1) is 20.0. The van der Waals surface area contributed by atoms with Crippen LogP contribution in [0, 0.1) is 18.3 Å². The molecule has 2 aromatic rings. The van der Waals surface area contributed by atoms with E-state index in [2.05, 4.69) is 5.32 Å². The van der Waals surface area contributed by atoms with Crippen molar-refractivity contribution < 1.29 is 9.59 Å². The van der Waals surface area contributed by atoms with Gasteiger partial charge in [0.25, 0.3) is 5.91 Å². The molecule has 1 N–H and O–H groups in total. The summed E-state index contributed by atoms with van der Waals surface area (Å²) in [4.78, 5) is 26.9. The molecule has 2 aromatic carbocycles. The van der Waals surface area contributed by atoms with E-state index < -0.39 is 11.2 Å². The van der Waals surface area contributed by atoms with Crippen LogP contribution in [0.1, 0.15) is 11.1 Å². The Balaban J connectivity index is 2.04. The summed E-state index contributed by atoms with van der Waals surface area (Å²) in [5.41, 5.74) is 2.52. The number of rotatable bonds is 4. The number of thioether (sulfide) groups is 1. The number of amides is 2. The van der Waals surface area contributed by atoms with E-state index in [9.17, 15) is 14.9 Å². The van der Waals surface area contributed by atoms with Crippen molar-refractivity contribution in [3.8, 4) is 6.07 Å². The molecule has 142 valence electrons. The van der Waals surface area contributed by atoms with Crippen LogP contribution in [0.4, 0.5) is 5.69 Å². The van der Waals surface area contributed by atoms with E-state index in [1.165, 1.54) is 23.7 Å². The van der Waals surface area contributed by atoms with Gasteiger partial charge in [0.2, 0.25) is 5.91 Å². The molecule has 1 heterocycles. The molecule has 1 unspecified atom stereocenters. The Bertz CT molecular complexity index is 995. The van der Waals surface area contributed by atoms with Crippen molar-refractivity contribution in [2.45, 2.75) is 18.6 Å². The van der Waals surface area contributed by atoms with Crippen LogP contribution in [-0.4, -0.2) is 24.1 Å². The summed E-state index contributed by atoms with van der Waals surface area (Å²) in [6.45, 7) is 1.95. The average molecular weight is 412 g/mol. The Morgan fingerprint density at radius 2 is 2.00 bits per heavy atom. The molecule has 0 spiro atoms. The maximum atomic E-state index is 13.2. The number of halogens is 1. The van der Waals surface area contributed by atoms with Crippen LogP contribution in [-0.2, 0) is 16.0 Å². The van der Waals surface area contributed by atoms with Crippen molar-refractivity contribution in [1.82, 2.24) is 5.32 Å². The van der Waals surface area contributed by atoms with Gasteiger partial charge in [-0.25, -0.2) is 0 Å². The van der Waals surface area contributed by atoms with Crippen molar-refractivity contribution in [2.24, 2.45) is 0 Å². The van der Waals surface area contributed by atoms with E-state index in [1.54, 1.807) is 6.07 Å². The number of benzene rings is 2. The van der Waals surface area contributed by atoms with Gasteiger partial charge >= 0.3 is 0 Å². The van der Waals surface area contributed by atoms with E-state index in [0.717, 1.165) is 11.1 Å². The van der Waals surface area contributed by atoms with Gasteiger partial charge in [-0.15, -0.1) is 0 Å². The molecule has 0 saturated carbocycles. The highest BCUT2D eigenvalue weighted by Gasteiger charge is 2.40. The minimum Gasteiger partial charge on any atom is -0.354 e. The Kier molecular flexibility index (Phi) is 6.08. The number of anilines is 1. The number of nitrogens with one attached hydrogen (secondary N) is 1. The molecule has 1 fully saturated rings. The minimum absolute atomic E-state index is 0.0741. The number of carbonyl (C=O) groups is 2. The lowest BCUT2D eigenvalue weighted by Gasteiger charge is -2.18. The Morgan fingerprint density at radius 1 is 1.29 bits per heavy atom. The molecule has 0 aliphatic carbocycles. The van der Waals surface area contributed by atoms with Crippen LogP contribution in [0.3, 0.4) is 0 Å². The second-order valence-corrected chi connectivity index (χ2v) is 7.95. The monoisotopic (exact) mass is 411 g/mol. The molecular formula is C21H18ClN3O2S. The smallest absolute Gasteiger partial charge is 0.264 e. The third-order valence-corrected chi connectivity index (χ3v) is 5.83. The van der Waals surface area contributed by atoms with Crippen molar-refractivity contribution in [2.75, 3.05) is 11.9 Å². The number of nitriles is 1. The van der Waals surface area contributed by atoms with E-state index in [-0.39, 0.29) is 11.5 Å². The Labute approximate surface area is 173 Å². The van der Waals surface area contributed by atoms with E-state index in [4.69, 9.17) is 11.6 Å². The maximum absolute atomic E-state index is 13.2. The van der Waals surface area contributed by atoms with Crippen LogP contribution in [0.2, 0.25) is 5.02 Å².